The molecule has 0 bridgehead atoms. The topological polar surface area (TPSA) is 43.6 Å². The van der Waals surface area contributed by atoms with Crippen molar-refractivity contribution in [2.75, 3.05) is 0 Å². The molecule has 1 fully saturated rings. The predicted octanol–water partition coefficient (Wildman–Crippen LogP) is 8.76. The molecular formula is C32H20Cl2N4. The molecule has 4 aromatic carbocycles. The van der Waals surface area contributed by atoms with E-state index in [1.807, 2.05) is 0 Å². The SMILES string of the molecule is Clc1nc(Cl)nc(-c2ccc3c4c2-c2ccccc2-n2c5ccccc5c5ccc(c-4c52)C32CCCC2)n1. The molecule has 0 unspecified atom stereocenters. The van der Waals surface area contributed by atoms with Crippen molar-refractivity contribution >= 4 is 45.0 Å². The van der Waals surface area contributed by atoms with Gasteiger partial charge in [-0.3, -0.25) is 0 Å². The molecule has 4 nitrogen and oxygen atoms in total. The molecule has 1 spiro atoms. The third-order valence-electron chi connectivity index (χ3n) is 9.02. The largest absolute Gasteiger partial charge is 0.308 e. The van der Waals surface area contributed by atoms with E-state index in [1.165, 1.54) is 69.7 Å². The molecule has 1 saturated carbocycles. The Bertz CT molecular complexity index is 2000. The summed E-state index contributed by atoms with van der Waals surface area (Å²) in [6, 6.07) is 26.7. The molecule has 2 aromatic heterocycles. The van der Waals surface area contributed by atoms with Crippen LogP contribution in [0.5, 0.6) is 0 Å². The summed E-state index contributed by atoms with van der Waals surface area (Å²) >= 11 is 12.6. The van der Waals surface area contributed by atoms with Crippen molar-refractivity contribution < 1.29 is 0 Å². The van der Waals surface area contributed by atoms with Crippen LogP contribution in [0.15, 0.2) is 72.8 Å². The van der Waals surface area contributed by atoms with Crippen molar-refractivity contribution in [3.8, 4) is 39.3 Å². The number of para-hydroxylation sites is 2. The Morgan fingerprint density at radius 3 is 2.18 bits per heavy atom. The summed E-state index contributed by atoms with van der Waals surface area (Å²) in [6.45, 7) is 0. The van der Waals surface area contributed by atoms with Gasteiger partial charge in [-0.15, -0.1) is 0 Å². The van der Waals surface area contributed by atoms with Crippen LogP contribution in [0.4, 0.5) is 0 Å². The number of rotatable bonds is 1. The number of fused-ring (bicyclic) bond motifs is 8. The van der Waals surface area contributed by atoms with Gasteiger partial charge in [0, 0.05) is 38.4 Å². The quantitative estimate of drug-likeness (QED) is 0.213. The van der Waals surface area contributed by atoms with E-state index in [4.69, 9.17) is 23.2 Å². The maximum atomic E-state index is 6.29. The van der Waals surface area contributed by atoms with Gasteiger partial charge in [0.2, 0.25) is 10.6 Å². The van der Waals surface area contributed by atoms with Gasteiger partial charge in [-0.05, 0) is 64.9 Å². The molecule has 0 radical (unpaired) electrons. The van der Waals surface area contributed by atoms with Crippen molar-refractivity contribution in [3.05, 3.63) is 94.5 Å². The van der Waals surface area contributed by atoms with Gasteiger partial charge in [0.25, 0.3) is 0 Å². The number of hydrogen-bond acceptors (Lipinski definition) is 3. The molecule has 3 aliphatic rings. The third kappa shape index (κ3) is 2.46. The Hall–Kier alpha value is -3.73. The van der Waals surface area contributed by atoms with Crippen LogP contribution in [-0.4, -0.2) is 19.5 Å². The zero-order valence-corrected chi connectivity index (χ0v) is 21.8. The summed E-state index contributed by atoms with van der Waals surface area (Å²) in [5.41, 5.74) is 12.5. The highest BCUT2D eigenvalue weighted by atomic mass is 35.5. The molecule has 3 heterocycles. The molecule has 1 aliphatic heterocycles. The zero-order chi connectivity index (χ0) is 25.2. The lowest BCUT2D eigenvalue weighted by Crippen LogP contribution is -2.20. The van der Waals surface area contributed by atoms with Gasteiger partial charge in [0.1, 0.15) is 0 Å². The van der Waals surface area contributed by atoms with Gasteiger partial charge in [0.05, 0.1) is 16.7 Å². The third-order valence-corrected chi connectivity index (χ3v) is 9.35. The number of nitrogens with zero attached hydrogens (tertiary/aromatic N) is 4. The number of benzene rings is 4. The lowest BCUT2D eigenvalue weighted by molar-refractivity contribution is 0.550. The van der Waals surface area contributed by atoms with Crippen LogP contribution in [0.1, 0.15) is 36.8 Å². The van der Waals surface area contributed by atoms with Gasteiger partial charge >= 0.3 is 0 Å². The van der Waals surface area contributed by atoms with Crippen LogP contribution in [0.3, 0.4) is 0 Å². The molecule has 0 saturated heterocycles. The lowest BCUT2D eigenvalue weighted by atomic mass is 9.76. The second-order valence-corrected chi connectivity index (χ2v) is 11.3. The highest BCUT2D eigenvalue weighted by Crippen LogP contribution is 2.63. The average Bonchev–Trinajstić information content (AvgIpc) is 3.59. The van der Waals surface area contributed by atoms with Crippen molar-refractivity contribution in [1.82, 2.24) is 19.5 Å². The van der Waals surface area contributed by atoms with Crippen LogP contribution in [0.2, 0.25) is 10.6 Å². The summed E-state index contributed by atoms with van der Waals surface area (Å²) in [5.74, 6) is 0.500. The number of hydrogen-bond donors (Lipinski definition) is 0. The first-order valence-corrected chi connectivity index (χ1v) is 13.8. The average molecular weight is 531 g/mol. The van der Waals surface area contributed by atoms with Crippen molar-refractivity contribution in [3.63, 3.8) is 0 Å². The van der Waals surface area contributed by atoms with Crippen LogP contribution < -0.4 is 0 Å². The first-order valence-electron chi connectivity index (χ1n) is 13.1. The molecule has 2 aliphatic carbocycles. The highest BCUT2D eigenvalue weighted by Gasteiger charge is 2.48. The molecule has 182 valence electrons. The van der Waals surface area contributed by atoms with Gasteiger partial charge in [-0.1, -0.05) is 73.5 Å². The van der Waals surface area contributed by atoms with E-state index in [9.17, 15) is 0 Å². The normalized spacial score (nSPS) is 15.9. The maximum absolute atomic E-state index is 6.29. The molecule has 6 heteroatoms. The first-order chi connectivity index (χ1) is 18.7. The molecule has 9 rings (SSSR count). The lowest BCUT2D eigenvalue weighted by Gasteiger charge is -2.27. The van der Waals surface area contributed by atoms with E-state index < -0.39 is 0 Å². The van der Waals surface area contributed by atoms with Crippen LogP contribution >= 0.6 is 23.2 Å². The fourth-order valence-electron chi connectivity index (χ4n) is 7.68. The van der Waals surface area contributed by atoms with Crippen LogP contribution in [0.25, 0.3) is 61.1 Å². The van der Waals surface area contributed by atoms with Crippen LogP contribution in [-0.2, 0) is 5.41 Å². The molecule has 0 atom stereocenters. The zero-order valence-electron chi connectivity index (χ0n) is 20.3. The Morgan fingerprint density at radius 1 is 0.632 bits per heavy atom. The van der Waals surface area contributed by atoms with E-state index in [1.54, 1.807) is 0 Å². The van der Waals surface area contributed by atoms with Crippen molar-refractivity contribution in [2.45, 2.75) is 31.1 Å². The highest BCUT2D eigenvalue weighted by molar-refractivity contribution is 6.31. The second kappa shape index (κ2) is 7.22. The maximum Gasteiger partial charge on any atom is 0.227 e. The summed E-state index contributed by atoms with van der Waals surface area (Å²) in [7, 11) is 0. The fraction of sp³-hybridized carbons (Fsp3) is 0.156. The van der Waals surface area contributed by atoms with Gasteiger partial charge in [0.15, 0.2) is 5.82 Å². The fourth-order valence-corrected chi connectivity index (χ4v) is 8.04. The molecule has 6 aromatic rings. The summed E-state index contributed by atoms with van der Waals surface area (Å²) in [6.07, 6.45) is 4.82. The summed E-state index contributed by atoms with van der Waals surface area (Å²) < 4.78 is 2.48. The summed E-state index contributed by atoms with van der Waals surface area (Å²) in [5, 5.41) is 2.77. The minimum absolute atomic E-state index is 0.0358. The van der Waals surface area contributed by atoms with Gasteiger partial charge in [-0.2, -0.15) is 15.0 Å². The minimum atomic E-state index is 0.0358. The van der Waals surface area contributed by atoms with Gasteiger partial charge in [-0.25, -0.2) is 0 Å². The van der Waals surface area contributed by atoms with Crippen molar-refractivity contribution in [1.29, 1.82) is 0 Å². The van der Waals surface area contributed by atoms with Gasteiger partial charge < -0.3 is 4.57 Å². The Labute approximate surface area is 228 Å². The van der Waals surface area contributed by atoms with E-state index in [2.05, 4.69) is 92.3 Å². The Balaban J connectivity index is 1.56. The van der Waals surface area contributed by atoms with E-state index >= 15 is 0 Å². The second-order valence-electron chi connectivity index (χ2n) is 10.7. The number of halogens is 2. The summed E-state index contributed by atoms with van der Waals surface area (Å²) in [4.78, 5) is 13.1. The minimum Gasteiger partial charge on any atom is -0.308 e. The van der Waals surface area contributed by atoms with Crippen LogP contribution in [0, 0.1) is 0 Å². The predicted molar refractivity (Wildman–Crippen MR) is 153 cm³/mol. The Kier molecular flexibility index (Phi) is 4.03. The monoisotopic (exact) mass is 530 g/mol. The molecule has 0 N–H and O–H groups in total. The van der Waals surface area contributed by atoms with E-state index in [-0.39, 0.29) is 16.0 Å². The molecule has 38 heavy (non-hydrogen) atoms. The standard InChI is InChI=1S/C32H20Cl2N4/c33-30-35-29(36-31(34)37-30)20-12-14-21-26-25(20)19-8-2-4-10-24(19)38-23-9-3-1-7-17(23)18-11-13-22(27(26)28(18)38)32(21)15-5-6-16-32/h1-4,7-14H,5-6,15-16H2. The molecule has 0 amide bonds. The first kappa shape index (κ1) is 21.2. The van der Waals surface area contributed by atoms with Crippen molar-refractivity contribution in [2.24, 2.45) is 0 Å². The molecular weight excluding hydrogens is 511 g/mol. The smallest absolute Gasteiger partial charge is 0.227 e. The Morgan fingerprint density at radius 2 is 1.34 bits per heavy atom. The number of aromatic nitrogens is 4. The van der Waals surface area contributed by atoms with E-state index in [0.29, 0.717) is 5.82 Å². The van der Waals surface area contributed by atoms with E-state index in [0.717, 1.165) is 22.4 Å².